The fraction of sp³-hybridized carbons (Fsp3) is 0.812. The lowest BCUT2D eigenvalue weighted by molar-refractivity contribution is -0.0560. The second kappa shape index (κ2) is 6.12. The molecule has 0 aromatic carbocycles. The van der Waals surface area contributed by atoms with Crippen molar-refractivity contribution in [2.24, 2.45) is 0 Å². The molecule has 2 aliphatic rings. The number of fused-ring (bicyclic) bond motifs is 1. The van der Waals surface area contributed by atoms with Gasteiger partial charge in [0.2, 0.25) is 0 Å². The van der Waals surface area contributed by atoms with E-state index in [-0.39, 0.29) is 11.7 Å². The maximum absolute atomic E-state index is 10.2. The highest BCUT2D eigenvalue weighted by molar-refractivity contribution is 7.12. The molecule has 1 aromatic rings. The topological polar surface area (TPSA) is 42.4 Å². The molecular weight excluding hydrogens is 270 g/mol. The summed E-state index contributed by atoms with van der Waals surface area (Å²) in [7, 11) is 0. The summed E-state index contributed by atoms with van der Waals surface area (Å²) in [5.41, 5.74) is 0.958. The van der Waals surface area contributed by atoms with Gasteiger partial charge in [0.05, 0.1) is 16.7 Å². The van der Waals surface area contributed by atoms with Crippen molar-refractivity contribution in [1.29, 1.82) is 0 Å². The maximum Gasteiger partial charge on any atom is 0.125 e. The van der Waals surface area contributed by atoms with Crippen molar-refractivity contribution in [2.45, 2.75) is 76.4 Å². The van der Waals surface area contributed by atoms with Crippen molar-refractivity contribution in [3.8, 4) is 0 Å². The largest absolute Gasteiger partial charge is 0.388 e. The molecule has 1 fully saturated rings. The van der Waals surface area contributed by atoms with Crippen LogP contribution in [0, 0.1) is 0 Å². The summed E-state index contributed by atoms with van der Waals surface area (Å²) in [6, 6.07) is 0. The zero-order chi connectivity index (χ0) is 14.0. The second-order valence-corrected chi connectivity index (χ2v) is 7.11. The average Bonchev–Trinajstić information content (AvgIpc) is 2.75. The number of rotatable bonds is 3. The molecule has 0 radical (unpaired) electrons. The van der Waals surface area contributed by atoms with Crippen molar-refractivity contribution in [2.75, 3.05) is 6.61 Å². The van der Waals surface area contributed by atoms with Crippen LogP contribution in [0.5, 0.6) is 0 Å². The van der Waals surface area contributed by atoms with E-state index in [0.717, 1.165) is 54.3 Å². The van der Waals surface area contributed by atoms with E-state index in [2.05, 4.69) is 6.92 Å². The van der Waals surface area contributed by atoms with Crippen LogP contribution in [-0.4, -0.2) is 16.7 Å². The van der Waals surface area contributed by atoms with Gasteiger partial charge in [0, 0.05) is 6.61 Å². The standard InChI is InChI=1S/C16H25NO2S/c1-2-19-16(10-5-3-4-6-11-16)15-17-12-8-7-9-13(18)14(12)20-15/h13,18H,2-11H2,1H3. The summed E-state index contributed by atoms with van der Waals surface area (Å²) >= 11 is 1.71. The molecule has 0 aliphatic heterocycles. The Hall–Kier alpha value is -0.450. The van der Waals surface area contributed by atoms with Gasteiger partial charge in [0.15, 0.2) is 0 Å². The number of aromatic nitrogens is 1. The molecule has 2 aliphatic carbocycles. The molecule has 1 heterocycles. The predicted molar refractivity (Wildman–Crippen MR) is 81.0 cm³/mol. The minimum atomic E-state index is -0.297. The average molecular weight is 295 g/mol. The van der Waals surface area contributed by atoms with Gasteiger partial charge in [-0.05, 0) is 39.0 Å². The number of nitrogens with zero attached hydrogens (tertiary/aromatic N) is 1. The molecule has 0 amide bonds. The SMILES string of the molecule is CCOC1(c2nc3c(s2)C(O)CCC3)CCCCCC1. The van der Waals surface area contributed by atoms with E-state index in [1.54, 1.807) is 11.3 Å². The quantitative estimate of drug-likeness (QED) is 0.854. The Bertz CT molecular complexity index is 449. The first kappa shape index (κ1) is 14.5. The molecule has 1 unspecified atom stereocenters. The van der Waals surface area contributed by atoms with Gasteiger partial charge in [-0.1, -0.05) is 25.7 Å². The summed E-state index contributed by atoms with van der Waals surface area (Å²) in [6.45, 7) is 2.82. The van der Waals surface area contributed by atoms with E-state index in [4.69, 9.17) is 9.72 Å². The summed E-state index contributed by atoms with van der Waals surface area (Å²) in [6.07, 6.45) is 9.91. The molecule has 112 valence electrons. The molecule has 0 bridgehead atoms. The first-order valence-corrected chi connectivity index (χ1v) is 8.89. The van der Waals surface area contributed by atoms with Crippen molar-refractivity contribution >= 4 is 11.3 Å². The van der Waals surface area contributed by atoms with Crippen LogP contribution in [0.2, 0.25) is 0 Å². The smallest absolute Gasteiger partial charge is 0.125 e. The normalized spacial score (nSPS) is 26.0. The fourth-order valence-corrected chi connectivity index (χ4v) is 4.92. The van der Waals surface area contributed by atoms with Gasteiger partial charge in [0.1, 0.15) is 10.6 Å². The zero-order valence-corrected chi connectivity index (χ0v) is 13.2. The van der Waals surface area contributed by atoms with E-state index in [1.165, 1.54) is 25.7 Å². The summed E-state index contributed by atoms with van der Waals surface area (Å²) in [4.78, 5) is 6.00. The Kier molecular flexibility index (Phi) is 4.43. The molecule has 4 heteroatoms. The number of hydrogen-bond acceptors (Lipinski definition) is 4. The number of ether oxygens (including phenoxy) is 1. The minimum Gasteiger partial charge on any atom is -0.388 e. The van der Waals surface area contributed by atoms with Crippen molar-refractivity contribution in [3.05, 3.63) is 15.6 Å². The molecule has 1 N–H and O–H groups in total. The van der Waals surface area contributed by atoms with Crippen LogP contribution in [0.15, 0.2) is 0 Å². The number of hydrogen-bond donors (Lipinski definition) is 1. The fourth-order valence-electron chi connectivity index (χ4n) is 3.59. The lowest BCUT2D eigenvalue weighted by Gasteiger charge is -2.30. The Morgan fingerprint density at radius 2 is 2.00 bits per heavy atom. The van der Waals surface area contributed by atoms with Gasteiger partial charge >= 0.3 is 0 Å². The first-order valence-electron chi connectivity index (χ1n) is 8.07. The van der Waals surface area contributed by atoms with E-state index in [0.29, 0.717) is 0 Å². The third-order valence-electron chi connectivity index (χ3n) is 4.64. The highest BCUT2D eigenvalue weighted by Gasteiger charge is 2.38. The monoisotopic (exact) mass is 295 g/mol. The highest BCUT2D eigenvalue weighted by atomic mass is 32.1. The van der Waals surface area contributed by atoms with Crippen LogP contribution in [0.4, 0.5) is 0 Å². The van der Waals surface area contributed by atoms with E-state index in [1.807, 2.05) is 0 Å². The molecule has 1 atom stereocenters. The van der Waals surface area contributed by atoms with Crippen LogP contribution >= 0.6 is 11.3 Å². The molecule has 1 saturated carbocycles. The van der Waals surface area contributed by atoms with Gasteiger partial charge in [0.25, 0.3) is 0 Å². The summed E-state index contributed by atoms with van der Waals surface area (Å²) in [5.74, 6) is 0. The van der Waals surface area contributed by atoms with Gasteiger partial charge in [-0.3, -0.25) is 0 Å². The number of aliphatic hydroxyl groups is 1. The predicted octanol–water partition coefficient (Wildman–Crippen LogP) is 4.10. The number of thiazole rings is 1. The van der Waals surface area contributed by atoms with Crippen molar-refractivity contribution in [3.63, 3.8) is 0 Å². The third kappa shape index (κ3) is 2.66. The Balaban J connectivity index is 1.94. The summed E-state index contributed by atoms with van der Waals surface area (Å²) in [5, 5.41) is 11.3. The van der Waals surface area contributed by atoms with Crippen LogP contribution in [0.25, 0.3) is 0 Å². The molecular formula is C16H25NO2S. The minimum absolute atomic E-state index is 0.174. The molecule has 1 aromatic heterocycles. The van der Waals surface area contributed by atoms with Crippen LogP contribution < -0.4 is 0 Å². The van der Waals surface area contributed by atoms with Gasteiger partial charge in [-0.15, -0.1) is 11.3 Å². The Morgan fingerprint density at radius 1 is 1.25 bits per heavy atom. The van der Waals surface area contributed by atoms with Crippen LogP contribution in [-0.2, 0) is 16.8 Å². The molecule has 20 heavy (non-hydrogen) atoms. The maximum atomic E-state index is 10.2. The van der Waals surface area contributed by atoms with Crippen LogP contribution in [0.3, 0.4) is 0 Å². The van der Waals surface area contributed by atoms with E-state index >= 15 is 0 Å². The second-order valence-electron chi connectivity index (χ2n) is 6.08. The van der Waals surface area contributed by atoms with Crippen molar-refractivity contribution in [1.82, 2.24) is 4.98 Å². The van der Waals surface area contributed by atoms with E-state index < -0.39 is 0 Å². The Morgan fingerprint density at radius 3 is 2.65 bits per heavy atom. The highest BCUT2D eigenvalue weighted by Crippen LogP contribution is 2.44. The molecule has 0 spiro atoms. The lowest BCUT2D eigenvalue weighted by Crippen LogP contribution is -2.29. The molecule has 3 nitrogen and oxygen atoms in total. The number of aryl methyl sites for hydroxylation is 1. The van der Waals surface area contributed by atoms with Gasteiger partial charge in [-0.2, -0.15) is 0 Å². The lowest BCUT2D eigenvalue weighted by atomic mass is 9.94. The molecule has 3 rings (SSSR count). The van der Waals surface area contributed by atoms with Crippen LogP contribution in [0.1, 0.15) is 80.0 Å². The first-order chi connectivity index (χ1) is 9.75. The number of aliphatic hydroxyl groups excluding tert-OH is 1. The zero-order valence-electron chi connectivity index (χ0n) is 12.4. The van der Waals surface area contributed by atoms with Gasteiger partial charge in [-0.25, -0.2) is 4.98 Å². The van der Waals surface area contributed by atoms with Gasteiger partial charge < -0.3 is 9.84 Å². The van der Waals surface area contributed by atoms with Crippen molar-refractivity contribution < 1.29 is 9.84 Å². The molecule has 0 saturated heterocycles. The van der Waals surface area contributed by atoms with E-state index in [9.17, 15) is 5.11 Å². The summed E-state index contributed by atoms with van der Waals surface area (Å²) < 4.78 is 6.22. The third-order valence-corrected chi connectivity index (χ3v) is 6.03. The Labute approximate surface area is 125 Å².